The summed E-state index contributed by atoms with van der Waals surface area (Å²) in [5.41, 5.74) is 4.51. The maximum absolute atomic E-state index is 13.7. The van der Waals surface area contributed by atoms with Gasteiger partial charge in [0.05, 0.1) is 5.69 Å². The van der Waals surface area contributed by atoms with Gasteiger partial charge in [0.1, 0.15) is 5.82 Å². The SMILES string of the molecule is Cc1ccc(C)c(NC(=S)Nc2cc(C)ccc2F)c1. The van der Waals surface area contributed by atoms with Crippen LogP contribution in [0.3, 0.4) is 0 Å². The fourth-order valence-electron chi connectivity index (χ4n) is 1.88. The minimum absolute atomic E-state index is 0.319. The van der Waals surface area contributed by atoms with Crippen molar-refractivity contribution in [1.29, 1.82) is 0 Å². The smallest absolute Gasteiger partial charge is 0.175 e. The van der Waals surface area contributed by atoms with Crippen LogP contribution in [0, 0.1) is 26.6 Å². The van der Waals surface area contributed by atoms with Crippen LogP contribution in [-0.2, 0) is 0 Å². The van der Waals surface area contributed by atoms with E-state index in [1.54, 1.807) is 12.1 Å². The van der Waals surface area contributed by atoms with E-state index in [1.807, 2.05) is 39.0 Å². The van der Waals surface area contributed by atoms with E-state index in [0.717, 1.165) is 22.4 Å². The Morgan fingerprint density at radius 2 is 1.45 bits per heavy atom. The molecule has 0 fully saturated rings. The second kappa shape index (κ2) is 6.01. The van der Waals surface area contributed by atoms with Gasteiger partial charge in [-0.25, -0.2) is 4.39 Å². The largest absolute Gasteiger partial charge is 0.332 e. The van der Waals surface area contributed by atoms with Crippen LogP contribution in [0.15, 0.2) is 36.4 Å². The average Bonchev–Trinajstić information content (AvgIpc) is 2.38. The molecule has 0 radical (unpaired) electrons. The van der Waals surface area contributed by atoms with Crippen molar-refractivity contribution in [3.8, 4) is 0 Å². The molecule has 0 unspecified atom stereocenters. The molecule has 0 aromatic heterocycles. The molecule has 0 saturated heterocycles. The molecule has 0 aliphatic carbocycles. The van der Waals surface area contributed by atoms with Gasteiger partial charge < -0.3 is 10.6 Å². The molecule has 0 amide bonds. The van der Waals surface area contributed by atoms with Crippen molar-refractivity contribution in [3.05, 3.63) is 58.9 Å². The summed E-state index contributed by atoms with van der Waals surface area (Å²) in [4.78, 5) is 0. The quantitative estimate of drug-likeness (QED) is 0.792. The van der Waals surface area contributed by atoms with Crippen LogP contribution in [0.2, 0.25) is 0 Å². The molecule has 2 rings (SSSR count). The summed E-state index contributed by atoms with van der Waals surface area (Å²) in [6.45, 7) is 5.92. The van der Waals surface area contributed by atoms with E-state index in [1.165, 1.54) is 6.07 Å². The Kier molecular flexibility index (Phi) is 4.35. The predicted octanol–water partition coefficient (Wildman–Crippen LogP) is 4.56. The van der Waals surface area contributed by atoms with Gasteiger partial charge in [0, 0.05) is 5.69 Å². The molecule has 0 bridgehead atoms. The first-order chi connectivity index (χ1) is 9.45. The third-order valence-corrected chi connectivity index (χ3v) is 3.22. The first-order valence-electron chi connectivity index (χ1n) is 6.37. The number of aryl methyl sites for hydroxylation is 3. The fraction of sp³-hybridized carbons (Fsp3) is 0.188. The maximum atomic E-state index is 13.7. The third kappa shape index (κ3) is 3.54. The molecule has 2 aromatic carbocycles. The lowest BCUT2D eigenvalue weighted by molar-refractivity contribution is 0.632. The molecule has 0 aliphatic rings. The lowest BCUT2D eigenvalue weighted by Crippen LogP contribution is -2.20. The van der Waals surface area contributed by atoms with E-state index in [9.17, 15) is 4.39 Å². The lowest BCUT2D eigenvalue weighted by atomic mass is 10.1. The van der Waals surface area contributed by atoms with Crippen molar-refractivity contribution in [2.24, 2.45) is 0 Å². The van der Waals surface area contributed by atoms with E-state index in [0.29, 0.717) is 10.8 Å². The van der Waals surface area contributed by atoms with Gasteiger partial charge in [-0.05, 0) is 67.9 Å². The maximum Gasteiger partial charge on any atom is 0.175 e. The van der Waals surface area contributed by atoms with E-state index in [2.05, 4.69) is 10.6 Å². The van der Waals surface area contributed by atoms with Crippen molar-refractivity contribution in [1.82, 2.24) is 0 Å². The van der Waals surface area contributed by atoms with E-state index in [4.69, 9.17) is 12.2 Å². The van der Waals surface area contributed by atoms with Crippen LogP contribution in [0.25, 0.3) is 0 Å². The highest BCUT2D eigenvalue weighted by molar-refractivity contribution is 7.80. The first-order valence-corrected chi connectivity index (χ1v) is 6.78. The van der Waals surface area contributed by atoms with Crippen LogP contribution in [-0.4, -0.2) is 5.11 Å². The van der Waals surface area contributed by atoms with Gasteiger partial charge in [0.25, 0.3) is 0 Å². The Morgan fingerprint density at radius 1 is 0.900 bits per heavy atom. The van der Waals surface area contributed by atoms with Gasteiger partial charge in [-0.15, -0.1) is 0 Å². The van der Waals surface area contributed by atoms with Crippen LogP contribution in [0.4, 0.5) is 15.8 Å². The number of rotatable bonds is 2. The topological polar surface area (TPSA) is 24.1 Å². The van der Waals surface area contributed by atoms with Gasteiger partial charge in [-0.3, -0.25) is 0 Å². The standard InChI is InChI=1S/C16H17FN2S/c1-10-4-6-12(3)14(8-10)18-16(20)19-15-9-11(2)5-7-13(15)17/h4-9H,1-3H3,(H2,18,19,20). The monoisotopic (exact) mass is 288 g/mol. The molecule has 4 heteroatoms. The van der Waals surface area contributed by atoms with Gasteiger partial charge in [0.2, 0.25) is 0 Å². The van der Waals surface area contributed by atoms with Gasteiger partial charge in [-0.2, -0.15) is 0 Å². The van der Waals surface area contributed by atoms with Crippen molar-refractivity contribution in [2.75, 3.05) is 10.6 Å². The number of benzene rings is 2. The molecule has 0 spiro atoms. The summed E-state index contributed by atoms with van der Waals surface area (Å²) >= 11 is 5.23. The highest BCUT2D eigenvalue weighted by Crippen LogP contribution is 2.19. The molecule has 0 atom stereocenters. The van der Waals surface area contributed by atoms with E-state index >= 15 is 0 Å². The second-order valence-corrected chi connectivity index (χ2v) is 5.29. The third-order valence-electron chi connectivity index (χ3n) is 3.01. The van der Waals surface area contributed by atoms with Crippen molar-refractivity contribution < 1.29 is 4.39 Å². The molecule has 2 N–H and O–H groups in total. The number of hydrogen-bond acceptors (Lipinski definition) is 1. The molecule has 20 heavy (non-hydrogen) atoms. The minimum Gasteiger partial charge on any atom is -0.332 e. The van der Waals surface area contributed by atoms with Crippen LogP contribution in [0.5, 0.6) is 0 Å². The molecule has 104 valence electrons. The van der Waals surface area contributed by atoms with Crippen LogP contribution in [0.1, 0.15) is 16.7 Å². The molecular formula is C16H17FN2S. The zero-order chi connectivity index (χ0) is 14.7. The number of hydrogen-bond donors (Lipinski definition) is 2. The molecule has 0 saturated carbocycles. The number of anilines is 2. The van der Waals surface area contributed by atoms with E-state index < -0.39 is 0 Å². The minimum atomic E-state index is -0.319. The lowest BCUT2D eigenvalue weighted by Gasteiger charge is -2.14. The van der Waals surface area contributed by atoms with Crippen molar-refractivity contribution in [2.45, 2.75) is 20.8 Å². The second-order valence-electron chi connectivity index (χ2n) is 4.88. The van der Waals surface area contributed by atoms with Gasteiger partial charge >= 0.3 is 0 Å². The zero-order valence-corrected chi connectivity index (χ0v) is 12.6. The van der Waals surface area contributed by atoms with Gasteiger partial charge in [0.15, 0.2) is 5.11 Å². The zero-order valence-electron chi connectivity index (χ0n) is 11.8. The molecule has 2 nitrogen and oxygen atoms in total. The first kappa shape index (κ1) is 14.5. The van der Waals surface area contributed by atoms with Crippen molar-refractivity contribution in [3.63, 3.8) is 0 Å². The molecule has 2 aromatic rings. The van der Waals surface area contributed by atoms with Crippen molar-refractivity contribution >= 4 is 28.7 Å². The molecule has 0 aliphatic heterocycles. The number of halogens is 1. The summed E-state index contributed by atoms with van der Waals surface area (Å²) in [6.07, 6.45) is 0. The fourth-order valence-corrected chi connectivity index (χ4v) is 2.10. The number of thiocarbonyl (C=S) groups is 1. The highest BCUT2D eigenvalue weighted by atomic mass is 32.1. The number of nitrogens with one attached hydrogen (secondary N) is 2. The Bertz CT molecular complexity index is 597. The normalized spacial score (nSPS) is 10.2. The van der Waals surface area contributed by atoms with E-state index in [-0.39, 0.29) is 5.82 Å². The summed E-state index contributed by atoms with van der Waals surface area (Å²) in [6, 6.07) is 11.0. The summed E-state index contributed by atoms with van der Waals surface area (Å²) in [5.74, 6) is -0.319. The van der Waals surface area contributed by atoms with Crippen LogP contribution < -0.4 is 10.6 Å². The Hall–Kier alpha value is -1.94. The summed E-state index contributed by atoms with van der Waals surface area (Å²) in [5, 5.41) is 6.37. The Morgan fingerprint density at radius 3 is 2.15 bits per heavy atom. The average molecular weight is 288 g/mol. The molecular weight excluding hydrogens is 271 g/mol. The highest BCUT2D eigenvalue weighted by Gasteiger charge is 2.06. The molecule has 0 heterocycles. The summed E-state index contributed by atoms with van der Waals surface area (Å²) in [7, 11) is 0. The van der Waals surface area contributed by atoms with Crippen LogP contribution >= 0.6 is 12.2 Å². The summed E-state index contributed by atoms with van der Waals surface area (Å²) < 4.78 is 13.7. The van der Waals surface area contributed by atoms with Gasteiger partial charge in [-0.1, -0.05) is 18.2 Å². The Balaban J connectivity index is 2.13. The Labute approximate surface area is 124 Å². The predicted molar refractivity (Wildman–Crippen MR) is 86.9 cm³/mol.